The number of carbonyl (C=O) groups is 2. The predicted octanol–water partition coefficient (Wildman–Crippen LogP) is 9.82. The highest BCUT2D eigenvalue weighted by atomic mass is 127. The average Bonchev–Trinajstić information content (AvgIpc) is 3.22. The molecule has 1 aromatic heterocycles. The number of rotatable bonds is 11. The van der Waals surface area contributed by atoms with Gasteiger partial charge in [0.05, 0.1) is 17.1 Å². The molecule has 55 heavy (non-hydrogen) atoms. The maximum absolute atomic E-state index is 12.9. The second-order valence-corrected chi connectivity index (χ2v) is 13.9. The number of carbonyl (C=O) groups excluding carboxylic acids is 2. The summed E-state index contributed by atoms with van der Waals surface area (Å²) in [4.78, 5) is 37.4. The van der Waals surface area contributed by atoms with Gasteiger partial charge in [-0.3, -0.25) is 25.4 Å². The van der Waals surface area contributed by atoms with E-state index in [1.807, 2.05) is 102 Å². The number of halogens is 1. The summed E-state index contributed by atoms with van der Waals surface area (Å²) < 4.78 is 11.7. The molecule has 286 valence electrons. The summed E-state index contributed by atoms with van der Waals surface area (Å²) in [6.45, 7) is 4.88. The van der Waals surface area contributed by atoms with Gasteiger partial charge in [0.1, 0.15) is 12.2 Å². The Labute approximate surface area is 338 Å². The summed E-state index contributed by atoms with van der Waals surface area (Å²) in [5, 5.41) is 5.94. The number of nitrogens with one attached hydrogen (secondary N) is 2. The molecule has 0 aliphatic carbocycles. The Balaban J connectivity index is 0.00000253. The molecular formula is C45H50IN5O4. The molecule has 4 aromatic carbocycles. The normalized spacial score (nSPS) is 15.3. The zero-order chi connectivity index (χ0) is 38.2. The lowest BCUT2D eigenvalue weighted by Crippen LogP contribution is -2.38. The lowest BCUT2D eigenvalue weighted by molar-refractivity contribution is 0.0558. The number of ether oxygens (including phenoxy) is 2. The standard InChI is InChI=1S/C44H47N5O4.CH3I/c50-43(46-41-20-9-7-16-35(41)30-33-12-3-1-4-13-33)52-38-22-26-48(27-23-38)31-36-17-11-18-37(45-36)32-49-28-24-39(25-29-49)53-44(51)47-42-21-10-8-19-40(42)34-14-5-2-6-15-34;1-2/h1-21,38-39H,22-32H2,(H,46,50)(H,47,51);1H3. The summed E-state index contributed by atoms with van der Waals surface area (Å²) in [5.74, 6) is 0. The lowest BCUT2D eigenvalue weighted by Gasteiger charge is -2.32. The van der Waals surface area contributed by atoms with Crippen molar-refractivity contribution in [2.75, 3.05) is 41.7 Å². The second-order valence-electron chi connectivity index (χ2n) is 13.9. The number of amides is 2. The molecule has 2 fully saturated rings. The third kappa shape index (κ3) is 12.1. The van der Waals surface area contributed by atoms with Gasteiger partial charge in [0.25, 0.3) is 0 Å². The van der Waals surface area contributed by atoms with Crippen LogP contribution in [0.3, 0.4) is 0 Å². The van der Waals surface area contributed by atoms with Crippen LogP contribution in [0.2, 0.25) is 0 Å². The fourth-order valence-corrected chi connectivity index (χ4v) is 7.19. The molecule has 2 amide bonds. The first kappa shape index (κ1) is 39.9. The smallest absolute Gasteiger partial charge is 0.411 e. The minimum absolute atomic E-state index is 0.116. The molecule has 0 atom stereocenters. The van der Waals surface area contributed by atoms with Crippen LogP contribution in [0.25, 0.3) is 11.1 Å². The minimum atomic E-state index is -0.416. The summed E-state index contributed by atoms with van der Waals surface area (Å²) in [5.41, 5.74) is 7.86. The van der Waals surface area contributed by atoms with E-state index in [4.69, 9.17) is 14.5 Å². The van der Waals surface area contributed by atoms with Gasteiger partial charge in [-0.1, -0.05) is 126 Å². The van der Waals surface area contributed by atoms with Crippen molar-refractivity contribution in [2.24, 2.45) is 0 Å². The lowest BCUT2D eigenvalue weighted by atomic mass is 10.0. The molecule has 3 heterocycles. The first-order valence-electron chi connectivity index (χ1n) is 19.0. The maximum Gasteiger partial charge on any atom is 0.411 e. The molecule has 0 radical (unpaired) electrons. The Bertz CT molecular complexity index is 1950. The Morgan fingerprint density at radius 3 is 1.65 bits per heavy atom. The molecule has 2 aliphatic rings. The molecule has 0 bridgehead atoms. The first-order valence-corrected chi connectivity index (χ1v) is 21.2. The van der Waals surface area contributed by atoms with Crippen LogP contribution in [0.4, 0.5) is 21.0 Å². The van der Waals surface area contributed by atoms with Crippen LogP contribution >= 0.6 is 22.6 Å². The van der Waals surface area contributed by atoms with Crippen LogP contribution in [0.15, 0.2) is 127 Å². The molecule has 10 heteroatoms. The Kier molecular flexibility index (Phi) is 15.1. The van der Waals surface area contributed by atoms with E-state index in [2.05, 4.69) is 73.4 Å². The number of hydrogen-bond acceptors (Lipinski definition) is 7. The SMILES string of the molecule is CI.O=C(Nc1ccccc1Cc1ccccc1)OC1CCN(Cc2cccc(CN3CCC(OC(=O)Nc4ccccc4-c4ccccc4)CC3)n2)CC1. The van der Waals surface area contributed by atoms with Gasteiger partial charge in [-0.2, -0.15) is 0 Å². The topological polar surface area (TPSA) is 96.0 Å². The molecule has 5 aromatic rings. The quantitative estimate of drug-likeness (QED) is 0.101. The zero-order valence-corrected chi connectivity index (χ0v) is 33.6. The third-order valence-electron chi connectivity index (χ3n) is 9.99. The van der Waals surface area contributed by atoms with Gasteiger partial charge in [-0.05, 0) is 78.0 Å². The molecule has 0 spiro atoms. The van der Waals surface area contributed by atoms with Crippen molar-refractivity contribution >= 4 is 46.2 Å². The van der Waals surface area contributed by atoms with Crippen LogP contribution in [0.5, 0.6) is 0 Å². The van der Waals surface area contributed by atoms with Gasteiger partial charge in [0, 0.05) is 50.5 Å². The van der Waals surface area contributed by atoms with Crippen molar-refractivity contribution in [1.82, 2.24) is 14.8 Å². The Morgan fingerprint density at radius 1 is 0.600 bits per heavy atom. The van der Waals surface area contributed by atoms with Gasteiger partial charge in [-0.25, -0.2) is 9.59 Å². The molecule has 7 rings (SSSR count). The number of alkyl halides is 1. The van der Waals surface area contributed by atoms with E-state index < -0.39 is 12.2 Å². The summed E-state index contributed by atoms with van der Waals surface area (Å²) >= 11 is 2.15. The van der Waals surface area contributed by atoms with E-state index in [0.29, 0.717) is 0 Å². The van der Waals surface area contributed by atoms with Gasteiger partial charge in [0.15, 0.2) is 0 Å². The molecule has 0 unspecified atom stereocenters. The van der Waals surface area contributed by atoms with E-state index in [0.717, 1.165) is 111 Å². The van der Waals surface area contributed by atoms with E-state index in [9.17, 15) is 9.59 Å². The molecule has 9 nitrogen and oxygen atoms in total. The van der Waals surface area contributed by atoms with Gasteiger partial charge in [0.2, 0.25) is 0 Å². The van der Waals surface area contributed by atoms with Gasteiger partial charge >= 0.3 is 12.2 Å². The molecule has 0 saturated carbocycles. The van der Waals surface area contributed by atoms with Crippen molar-refractivity contribution in [1.29, 1.82) is 0 Å². The van der Waals surface area contributed by atoms with Crippen LogP contribution in [-0.2, 0) is 29.0 Å². The van der Waals surface area contributed by atoms with E-state index in [1.54, 1.807) is 0 Å². The fourth-order valence-electron chi connectivity index (χ4n) is 7.19. The Hall–Kier alpha value is -4.78. The van der Waals surface area contributed by atoms with Gasteiger partial charge in [-0.15, -0.1) is 0 Å². The van der Waals surface area contributed by atoms with Crippen LogP contribution in [0.1, 0.15) is 48.2 Å². The van der Waals surface area contributed by atoms with Crippen LogP contribution in [-0.4, -0.2) is 70.3 Å². The summed E-state index contributed by atoms with van der Waals surface area (Å²) in [6, 6.07) is 42.2. The van der Waals surface area contributed by atoms with E-state index in [-0.39, 0.29) is 12.2 Å². The number of anilines is 2. The minimum Gasteiger partial charge on any atom is -0.446 e. The van der Waals surface area contributed by atoms with Crippen molar-refractivity contribution in [3.8, 4) is 11.1 Å². The number of piperidine rings is 2. The number of likely N-dealkylation sites (tertiary alicyclic amines) is 2. The van der Waals surface area contributed by atoms with Crippen LogP contribution < -0.4 is 10.6 Å². The highest BCUT2D eigenvalue weighted by molar-refractivity contribution is 14.1. The highest BCUT2D eigenvalue weighted by Gasteiger charge is 2.25. The van der Waals surface area contributed by atoms with Crippen molar-refractivity contribution in [3.05, 3.63) is 150 Å². The summed E-state index contributed by atoms with van der Waals surface area (Å²) in [6.07, 6.45) is 2.82. The first-order chi connectivity index (χ1) is 27.0. The number of aromatic nitrogens is 1. The molecule has 2 aliphatic heterocycles. The fraction of sp³-hybridized carbons (Fsp3) is 0.311. The van der Waals surface area contributed by atoms with Crippen molar-refractivity contribution in [3.63, 3.8) is 0 Å². The maximum atomic E-state index is 12.9. The highest BCUT2D eigenvalue weighted by Crippen LogP contribution is 2.28. The molecule has 2 N–H and O–H groups in total. The van der Waals surface area contributed by atoms with E-state index >= 15 is 0 Å². The predicted molar refractivity (Wildman–Crippen MR) is 229 cm³/mol. The monoisotopic (exact) mass is 851 g/mol. The van der Waals surface area contributed by atoms with Crippen molar-refractivity contribution < 1.29 is 19.1 Å². The summed E-state index contributed by atoms with van der Waals surface area (Å²) in [7, 11) is 0. The molecular weight excluding hydrogens is 801 g/mol. The number of para-hydroxylation sites is 2. The third-order valence-corrected chi connectivity index (χ3v) is 9.99. The number of benzene rings is 4. The number of nitrogens with zero attached hydrogens (tertiary/aromatic N) is 3. The second kappa shape index (κ2) is 20.8. The zero-order valence-electron chi connectivity index (χ0n) is 31.4. The van der Waals surface area contributed by atoms with Gasteiger partial charge < -0.3 is 9.47 Å². The Morgan fingerprint density at radius 2 is 1.07 bits per heavy atom. The largest absolute Gasteiger partial charge is 0.446 e. The van der Waals surface area contributed by atoms with Crippen molar-refractivity contribution in [2.45, 2.75) is 57.4 Å². The average molecular weight is 852 g/mol. The molecule has 2 saturated heterocycles. The van der Waals surface area contributed by atoms with Crippen LogP contribution in [0, 0.1) is 0 Å². The number of hydrogen-bond donors (Lipinski definition) is 2. The number of pyridine rings is 1. The van der Waals surface area contributed by atoms with E-state index in [1.165, 1.54) is 5.56 Å².